The van der Waals surface area contributed by atoms with Crippen LogP contribution in [-0.4, -0.2) is 48.6 Å². The summed E-state index contributed by atoms with van der Waals surface area (Å²) in [4.78, 5) is 23.6. The highest BCUT2D eigenvalue weighted by Gasteiger charge is 2.37. The minimum Gasteiger partial charge on any atom is -0.382 e. The molecule has 5 aromatic rings. The summed E-state index contributed by atoms with van der Waals surface area (Å²) < 4.78 is 25.0. The predicted octanol–water partition coefficient (Wildman–Crippen LogP) is 4.08. The molecule has 10 heteroatoms. The van der Waals surface area contributed by atoms with E-state index in [1.165, 1.54) is 17.0 Å². The lowest BCUT2D eigenvalue weighted by molar-refractivity contribution is -0.0611. The van der Waals surface area contributed by atoms with E-state index in [1.807, 2.05) is 43.8 Å². The summed E-state index contributed by atoms with van der Waals surface area (Å²) in [6.45, 7) is 4.30. The average Bonchev–Trinajstić information content (AvgIpc) is 3.53. The van der Waals surface area contributed by atoms with E-state index < -0.39 is 23.4 Å². The number of carbonyl (C=O) groups is 1. The number of nitrogens with two attached hydrogens (primary N) is 1. The number of aryl methyl sites for hydroxylation is 1. The van der Waals surface area contributed by atoms with Gasteiger partial charge in [0.15, 0.2) is 0 Å². The van der Waals surface area contributed by atoms with Crippen LogP contribution < -0.4 is 5.73 Å². The molecule has 1 aliphatic heterocycles. The van der Waals surface area contributed by atoms with Crippen molar-refractivity contribution in [3.8, 4) is 11.3 Å². The van der Waals surface area contributed by atoms with Crippen LogP contribution >= 0.6 is 0 Å². The third kappa shape index (κ3) is 3.55. The van der Waals surface area contributed by atoms with Gasteiger partial charge in [0.1, 0.15) is 17.2 Å². The maximum Gasteiger partial charge on any atom is 0.257 e. The molecule has 9 nitrogen and oxygen atoms in total. The fraction of sp³-hybridized carbons (Fsp3) is 0.259. The smallest absolute Gasteiger partial charge is 0.257 e. The number of amides is 1. The number of likely N-dealkylation sites (N-methyl/N-ethyl adjacent to an activating group) is 1. The van der Waals surface area contributed by atoms with Crippen LogP contribution in [0.3, 0.4) is 0 Å². The van der Waals surface area contributed by atoms with E-state index in [1.54, 1.807) is 30.2 Å². The summed E-state index contributed by atoms with van der Waals surface area (Å²) in [6.07, 6.45) is 4.90. The molecule has 3 aromatic heterocycles. The maximum absolute atomic E-state index is 15.2. The van der Waals surface area contributed by atoms with Crippen LogP contribution in [0, 0.1) is 5.82 Å². The van der Waals surface area contributed by atoms with E-state index in [0.29, 0.717) is 16.6 Å². The first-order valence-electron chi connectivity index (χ1n) is 11.9. The molecule has 0 bridgehead atoms. The molecule has 0 fully saturated rings. The fourth-order valence-corrected chi connectivity index (χ4v) is 5.15. The second-order valence-electron chi connectivity index (χ2n) is 9.86. The molecule has 1 atom stereocenters. The Kier molecular flexibility index (Phi) is 5.06. The number of rotatable bonds is 3. The van der Waals surface area contributed by atoms with Crippen molar-refractivity contribution in [1.29, 1.82) is 0 Å². The van der Waals surface area contributed by atoms with Crippen molar-refractivity contribution >= 4 is 28.3 Å². The molecule has 0 unspecified atom stereocenters. The molecule has 1 aliphatic rings. The maximum atomic E-state index is 15.2. The molecular weight excluding hydrogens is 473 g/mol. The minimum absolute atomic E-state index is 0.0607. The van der Waals surface area contributed by atoms with Crippen molar-refractivity contribution in [2.24, 2.45) is 7.05 Å². The molecular formula is C27H26FN7O2. The van der Waals surface area contributed by atoms with Crippen LogP contribution in [0.25, 0.3) is 27.8 Å². The first kappa shape index (κ1) is 23.1. The molecule has 0 spiro atoms. The Bertz CT molecular complexity index is 1700. The van der Waals surface area contributed by atoms with E-state index in [2.05, 4.69) is 21.1 Å². The fourth-order valence-electron chi connectivity index (χ4n) is 5.15. The van der Waals surface area contributed by atoms with Gasteiger partial charge in [0.05, 0.1) is 53.1 Å². The number of carbonyl (C=O) groups excluding carboxylic acids is 1. The molecule has 2 N–H and O–H groups in total. The second-order valence-corrected chi connectivity index (χ2v) is 9.86. The SMILES string of the molecule is CN(C(=O)c1cc2c(cc1F)nc(N)c1cncn12)[C@@H]1COC(C)(C)c2cc(-c3ccnn3C)ccc21. The lowest BCUT2D eigenvalue weighted by Crippen LogP contribution is -2.41. The van der Waals surface area contributed by atoms with Gasteiger partial charge in [-0.1, -0.05) is 12.1 Å². The summed E-state index contributed by atoms with van der Waals surface area (Å²) >= 11 is 0. The zero-order valence-corrected chi connectivity index (χ0v) is 20.9. The third-order valence-electron chi connectivity index (χ3n) is 7.26. The summed E-state index contributed by atoms with van der Waals surface area (Å²) in [7, 11) is 3.57. The van der Waals surface area contributed by atoms with E-state index in [-0.39, 0.29) is 18.0 Å². The first-order chi connectivity index (χ1) is 17.7. The van der Waals surface area contributed by atoms with Gasteiger partial charge in [0.25, 0.3) is 5.91 Å². The molecule has 0 saturated carbocycles. The number of hydrogen-bond acceptors (Lipinski definition) is 6. The number of nitrogens with zero attached hydrogens (tertiary/aromatic N) is 6. The first-order valence-corrected chi connectivity index (χ1v) is 11.9. The highest BCUT2D eigenvalue weighted by Crippen LogP contribution is 2.41. The van der Waals surface area contributed by atoms with Crippen LogP contribution in [-0.2, 0) is 17.4 Å². The molecule has 1 amide bonds. The van der Waals surface area contributed by atoms with E-state index in [4.69, 9.17) is 10.5 Å². The number of fused-ring (bicyclic) bond motifs is 4. The van der Waals surface area contributed by atoms with Gasteiger partial charge in [0.2, 0.25) is 0 Å². The summed E-state index contributed by atoms with van der Waals surface area (Å²) in [5.74, 6) is -0.885. The van der Waals surface area contributed by atoms with Crippen molar-refractivity contribution < 1.29 is 13.9 Å². The zero-order chi connectivity index (χ0) is 26.1. The minimum atomic E-state index is -0.667. The van der Waals surface area contributed by atoms with Crippen molar-refractivity contribution in [3.63, 3.8) is 0 Å². The summed E-state index contributed by atoms with van der Waals surface area (Å²) in [5.41, 5.74) is 10.8. The Hall–Kier alpha value is -4.31. The van der Waals surface area contributed by atoms with E-state index in [9.17, 15) is 4.79 Å². The van der Waals surface area contributed by atoms with Crippen molar-refractivity contribution in [2.75, 3.05) is 19.4 Å². The molecule has 0 saturated heterocycles. The lowest BCUT2D eigenvalue weighted by atomic mass is 9.84. The van der Waals surface area contributed by atoms with Gasteiger partial charge >= 0.3 is 0 Å². The normalized spacial score (nSPS) is 16.7. The lowest BCUT2D eigenvalue weighted by Gasteiger charge is -2.41. The largest absolute Gasteiger partial charge is 0.382 e. The van der Waals surface area contributed by atoms with Crippen molar-refractivity contribution in [3.05, 3.63) is 77.6 Å². The van der Waals surface area contributed by atoms with Gasteiger partial charge in [-0.05, 0) is 43.2 Å². The zero-order valence-electron chi connectivity index (χ0n) is 20.9. The Labute approximate surface area is 212 Å². The highest BCUT2D eigenvalue weighted by molar-refractivity contribution is 5.98. The van der Waals surface area contributed by atoms with Crippen LogP contribution in [0.15, 0.2) is 55.1 Å². The van der Waals surface area contributed by atoms with Gasteiger partial charge in [0, 0.05) is 31.9 Å². The Balaban J connectivity index is 1.41. The predicted molar refractivity (Wildman–Crippen MR) is 137 cm³/mol. The summed E-state index contributed by atoms with van der Waals surface area (Å²) in [5, 5.41) is 4.27. The van der Waals surface area contributed by atoms with Crippen molar-refractivity contribution in [2.45, 2.75) is 25.5 Å². The number of nitrogen functional groups attached to an aromatic ring is 1. The highest BCUT2D eigenvalue weighted by atomic mass is 19.1. The van der Waals surface area contributed by atoms with Crippen LogP contribution in [0.5, 0.6) is 0 Å². The quantitative estimate of drug-likeness (QED) is 0.401. The molecule has 4 heterocycles. The van der Waals surface area contributed by atoms with E-state index in [0.717, 1.165) is 22.4 Å². The number of anilines is 1. The van der Waals surface area contributed by atoms with Crippen LogP contribution in [0.2, 0.25) is 0 Å². The third-order valence-corrected chi connectivity index (χ3v) is 7.26. The second kappa shape index (κ2) is 8.10. The molecule has 6 rings (SSSR count). The van der Waals surface area contributed by atoms with Gasteiger partial charge < -0.3 is 15.4 Å². The van der Waals surface area contributed by atoms with Gasteiger partial charge in [-0.2, -0.15) is 5.10 Å². The van der Waals surface area contributed by atoms with Crippen molar-refractivity contribution in [1.82, 2.24) is 29.0 Å². The van der Waals surface area contributed by atoms with Crippen LogP contribution in [0.1, 0.15) is 41.4 Å². The monoisotopic (exact) mass is 499 g/mol. The Morgan fingerprint density at radius 2 is 2.03 bits per heavy atom. The summed E-state index contributed by atoms with van der Waals surface area (Å²) in [6, 6.07) is 10.4. The topological polar surface area (TPSA) is 104 Å². The Morgan fingerprint density at radius 1 is 1.22 bits per heavy atom. The van der Waals surface area contributed by atoms with Gasteiger partial charge in [-0.15, -0.1) is 0 Å². The molecule has 37 heavy (non-hydrogen) atoms. The van der Waals surface area contributed by atoms with Crippen LogP contribution in [0.4, 0.5) is 10.2 Å². The number of imidazole rings is 1. The standard InChI is InChI=1S/C27H26FN7O2/c1-27(2)18-9-15(21-7-8-31-34(21)4)5-6-16(18)24(13-37-27)33(3)26(36)17-10-22-20(11-19(17)28)32-25(29)23-12-30-14-35(22)23/h5-12,14,24H,13H2,1-4H3,(H2,29,32)/t24-/m1/s1. The van der Waals surface area contributed by atoms with Gasteiger partial charge in [-0.3, -0.25) is 13.9 Å². The molecule has 0 aliphatic carbocycles. The number of hydrogen-bond donors (Lipinski definition) is 1. The van der Waals surface area contributed by atoms with E-state index >= 15 is 4.39 Å². The number of aromatic nitrogens is 5. The average molecular weight is 500 g/mol. The molecule has 0 radical (unpaired) electrons. The molecule has 188 valence electrons. The molecule has 2 aromatic carbocycles. The number of ether oxygens (including phenoxy) is 1. The number of halogens is 1. The van der Waals surface area contributed by atoms with Gasteiger partial charge in [-0.25, -0.2) is 14.4 Å². The number of benzene rings is 2. The Morgan fingerprint density at radius 3 is 2.78 bits per heavy atom.